The van der Waals surface area contributed by atoms with Gasteiger partial charge in [-0.1, -0.05) is 12.1 Å². The molecule has 1 atom stereocenters. The minimum atomic E-state index is -3.60. The maximum Gasteiger partial charge on any atom is 0.241 e. The fourth-order valence-corrected chi connectivity index (χ4v) is 4.36. The number of aromatic nitrogens is 1. The molecule has 114 valence electrons. The Morgan fingerprint density at radius 3 is 2.67 bits per heavy atom. The van der Waals surface area contributed by atoms with Crippen LogP contribution in [0.5, 0.6) is 0 Å². The van der Waals surface area contributed by atoms with Crippen molar-refractivity contribution in [2.24, 2.45) is 5.73 Å². The molecular weight excluding hydrogens is 306 g/mol. The number of aryl methyl sites for hydroxylation is 2. The first-order valence-corrected chi connectivity index (χ1v) is 8.93. The molecule has 1 unspecified atom stereocenters. The Hall–Kier alpha value is -1.28. The van der Waals surface area contributed by atoms with Gasteiger partial charge in [0.05, 0.1) is 10.9 Å². The predicted molar refractivity (Wildman–Crippen MR) is 84.7 cm³/mol. The summed E-state index contributed by atoms with van der Waals surface area (Å²) in [5.41, 5.74) is 7.96. The van der Waals surface area contributed by atoms with Crippen molar-refractivity contribution in [3.8, 4) is 0 Å². The van der Waals surface area contributed by atoms with E-state index in [0.29, 0.717) is 12.1 Å². The van der Waals surface area contributed by atoms with Crippen LogP contribution in [0.4, 0.5) is 0 Å². The van der Waals surface area contributed by atoms with E-state index in [1.54, 1.807) is 26.0 Å². The van der Waals surface area contributed by atoms with Crippen molar-refractivity contribution in [1.29, 1.82) is 0 Å². The van der Waals surface area contributed by atoms with Crippen molar-refractivity contribution in [3.63, 3.8) is 0 Å². The lowest BCUT2D eigenvalue weighted by atomic mass is 10.1. The summed E-state index contributed by atoms with van der Waals surface area (Å²) < 4.78 is 27.7. The predicted octanol–water partition coefficient (Wildman–Crippen LogP) is 2.26. The molecule has 0 saturated carbocycles. The van der Waals surface area contributed by atoms with Gasteiger partial charge < -0.3 is 5.73 Å². The highest BCUT2D eigenvalue weighted by Gasteiger charge is 2.22. The van der Waals surface area contributed by atoms with Gasteiger partial charge in [-0.25, -0.2) is 18.1 Å². The molecule has 0 radical (unpaired) electrons. The molecule has 7 heteroatoms. The Kier molecular flexibility index (Phi) is 4.77. The Labute approximate surface area is 129 Å². The van der Waals surface area contributed by atoms with E-state index in [9.17, 15) is 8.42 Å². The largest absolute Gasteiger partial charge is 0.326 e. The molecule has 0 fully saturated rings. The Balaban J connectivity index is 2.30. The molecule has 5 nitrogen and oxygen atoms in total. The number of rotatable bonds is 5. The lowest BCUT2D eigenvalue weighted by Gasteiger charge is -2.14. The van der Waals surface area contributed by atoms with Gasteiger partial charge in [-0.2, -0.15) is 0 Å². The maximum atomic E-state index is 12.5. The molecular formula is C14H19N3O2S2. The van der Waals surface area contributed by atoms with Crippen LogP contribution in [0.3, 0.4) is 0 Å². The second kappa shape index (κ2) is 6.23. The zero-order valence-electron chi connectivity index (χ0n) is 12.3. The molecule has 0 bridgehead atoms. The van der Waals surface area contributed by atoms with Gasteiger partial charge in [-0.05, 0) is 38.0 Å². The highest BCUT2D eigenvalue weighted by Crippen LogP contribution is 2.22. The van der Waals surface area contributed by atoms with E-state index in [1.165, 1.54) is 11.3 Å². The fourth-order valence-electron chi connectivity index (χ4n) is 1.98. The fraction of sp³-hybridized carbons (Fsp3) is 0.357. The molecule has 0 saturated heterocycles. The first-order chi connectivity index (χ1) is 9.83. The van der Waals surface area contributed by atoms with Gasteiger partial charge in [-0.3, -0.25) is 0 Å². The van der Waals surface area contributed by atoms with Crippen LogP contribution in [-0.4, -0.2) is 13.4 Å². The lowest BCUT2D eigenvalue weighted by Crippen LogP contribution is -2.27. The average molecular weight is 325 g/mol. The molecule has 2 aromatic rings. The maximum absolute atomic E-state index is 12.5. The molecule has 0 aliphatic carbocycles. The number of hydrogen-bond donors (Lipinski definition) is 2. The van der Waals surface area contributed by atoms with Crippen molar-refractivity contribution in [2.75, 3.05) is 0 Å². The van der Waals surface area contributed by atoms with Gasteiger partial charge in [0.2, 0.25) is 10.0 Å². The van der Waals surface area contributed by atoms with E-state index in [-0.39, 0.29) is 10.9 Å². The number of hydrogen-bond acceptors (Lipinski definition) is 5. The summed E-state index contributed by atoms with van der Waals surface area (Å²) in [5.74, 6) is 0. The van der Waals surface area contributed by atoms with E-state index in [0.717, 1.165) is 16.3 Å². The van der Waals surface area contributed by atoms with E-state index in [2.05, 4.69) is 9.71 Å². The Bertz CT molecular complexity index is 738. The van der Waals surface area contributed by atoms with Crippen LogP contribution in [-0.2, 0) is 16.6 Å². The second-order valence-electron chi connectivity index (χ2n) is 4.97. The van der Waals surface area contributed by atoms with Crippen molar-refractivity contribution >= 4 is 21.4 Å². The number of nitrogens with one attached hydrogen (secondary N) is 1. The van der Waals surface area contributed by atoms with Gasteiger partial charge in [0.25, 0.3) is 0 Å². The summed E-state index contributed by atoms with van der Waals surface area (Å²) in [4.78, 5) is 4.59. The number of nitrogens with two attached hydrogens (primary N) is 1. The number of sulfonamides is 1. The average Bonchev–Trinajstić information content (AvgIpc) is 2.85. The first-order valence-electron chi connectivity index (χ1n) is 6.57. The highest BCUT2D eigenvalue weighted by molar-refractivity contribution is 7.89. The number of nitrogens with zero attached hydrogens (tertiary/aromatic N) is 1. The zero-order valence-corrected chi connectivity index (χ0v) is 13.9. The van der Waals surface area contributed by atoms with Crippen molar-refractivity contribution in [2.45, 2.75) is 38.3 Å². The smallest absolute Gasteiger partial charge is 0.241 e. The van der Waals surface area contributed by atoms with Crippen molar-refractivity contribution in [1.82, 2.24) is 9.71 Å². The van der Waals surface area contributed by atoms with Gasteiger partial charge >= 0.3 is 0 Å². The SMILES string of the molecule is Cc1csc(C(C)NS(=O)(=O)c2cc(CN)ccc2C)n1. The normalized spacial score (nSPS) is 13.3. The van der Waals surface area contributed by atoms with Crippen LogP contribution < -0.4 is 10.5 Å². The van der Waals surface area contributed by atoms with E-state index in [1.807, 2.05) is 18.4 Å². The topological polar surface area (TPSA) is 85.1 Å². The minimum absolute atomic E-state index is 0.269. The molecule has 0 amide bonds. The van der Waals surface area contributed by atoms with Crippen LogP contribution in [0.2, 0.25) is 0 Å². The molecule has 1 aromatic carbocycles. The third-order valence-electron chi connectivity index (χ3n) is 3.12. The summed E-state index contributed by atoms with van der Waals surface area (Å²) in [7, 11) is -3.60. The van der Waals surface area contributed by atoms with Gasteiger partial charge in [0.15, 0.2) is 0 Å². The molecule has 3 N–H and O–H groups in total. The zero-order chi connectivity index (χ0) is 15.6. The lowest BCUT2D eigenvalue weighted by molar-refractivity contribution is 0.565. The number of thiazole rings is 1. The first kappa shape index (κ1) is 16.1. The van der Waals surface area contributed by atoms with Crippen molar-refractivity contribution in [3.05, 3.63) is 45.4 Å². The van der Waals surface area contributed by atoms with Crippen LogP contribution in [0.25, 0.3) is 0 Å². The van der Waals surface area contributed by atoms with Gasteiger partial charge in [0, 0.05) is 17.6 Å². The number of benzene rings is 1. The van der Waals surface area contributed by atoms with E-state index < -0.39 is 10.0 Å². The van der Waals surface area contributed by atoms with Gasteiger partial charge in [0.1, 0.15) is 5.01 Å². The third-order valence-corrected chi connectivity index (χ3v) is 5.94. The quantitative estimate of drug-likeness (QED) is 0.883. The molecule has 0 aliphatic rings. The molecule has 0 aliphatic heterocycles. The summed E-state index contributed by atoms with van der Waals surface area (Å²) in [5, 5.41) is 2.66. The Morgan fingerprint density at radius 1 is 1.38 bits per heavy atom. The minimum Gasteiger partial charge on any atom is -0.326 e. The highest BCUT2D eigenvalue weighted by atomic mass is 32.2. The summed E-state index contributed by atoms with van der Waals surface area (Å²) >= 11 is 1.45. The monoisotopic (exact) mass is 325 g/mol. The molecule has 1 heterocycles. The van der Waals surface area contributed by atoms with Crippen LogP contribution in [0.1, 0.15) is 34.8 Å². The van der Waals surface area contributed by atoms with Crippen LogP contribution >= 0.6 is 11.3 Å². The third kappa shape index (κ3) is 3.68. The molecule has 1 aromatic heterocycles. The van der Waals surface area contributed by atoms with Crippen molar-refractivity contribution < 1.29 is 8.42 Å². The second-order valence-corrected chi connectivity index (χ2v) is 7.55. The standard InChI is InChI=1S/C14H19N3O2S2/c1-9-4-5-12(7-15)6-13(9)21(18,19)17-11(3)14-16-10(2)8-20-14/h4-6,8,11,17H,7,15H2,1-3H3. The van der Waals surface area contributed by atoms with E-state index in [4.69, 9.17) is 5.73 Å². The molecule has 0 spiro atoms. The molecule has 2 rings (SSSR count). The summed E-state index contributed by atoms with van der Waals surface area (Å²) in [6.45, 7) is 5.76. The van der Waals surface area contributed by atoms with E-state index >= 15 is 0 Å². The summed E-state index contributed by atoms with van der Waals surface area (Å²) in [6, 6.07) is 4.86. The van der Waals surface area contributed by atoms with Crippen LogP contribution in [0.15, 0.2) is 28.5 Å². The van der Waals surface area contributed by atoms with Gasteiger partial charge in [-0.15, -0.1) is 11.3 Å². The Morgan fingerprint density at radius 2 is 2.10 bits per heavy atom. The molecule has 21 heavy (non-hydrogen) atoms. The van der Waals surface area contributed by atoms with Crippen LogP contribution in [0, 0.1) is 13.8 Å². The summed E-state index contributed by atoms with van der Waals surface area (Å²) in [6.07, 6.45) is 0.